The minimum Gasteiger partial charge on any atom is -0.458 e. The lowest BCUT2D eigenvalue weighted by Crippen LogP contribution is -2.24. The number of likely N-dealkylation sites (tertiary alicyclic amines) is 1. The van der Waals surface area contributed by atoms with Crippen molar-refractivity contribution in [2.75, 3.05) is 20.1 Å². The molecule has 0 aromatic carbocycles. The Labute approximate surface area is 100 Å². The Hall–Kier alpha value is -1.39. The number of nitrogens with two attached hydrogens (primary N) is 1. The maximum Gasteiger partial charge on any atom is 0.152 e. The second kappa shape index (κ2) is 4.13. The van der Waals surface area contributed by atoms with E-state index in [-0.39, 0.29) is 0 Å². The van der Waals surface area contributed by atoms with E-state index in [4.69, 9.17) is 10.2 Å². The molecule has 3 rings (SSSR count). The van der Waals surface area contributed by atoms with E-state index in [9.17, 15) is 0 Å². The normalized spacial score (nSPS) is 25.8. The standard InChI is InChI=1S/C13H17N3O/c1-16-5-3-10(7-14)13(16)11-6-9-2-4-15-8-12(9)17-11/h2,4,6,8,10,13H,3,5,7,14H2,1H3. The van der Waals surface area contributed by atoms with Crippen LogP contribution in [0.4, 0.5) is 0 Å². The number of pyridine rings is 1. The summed E-state index contributed by atoms with van der Waals surface area (Å²) in [4.78, 5) is 6.40. The fraction of sp³-hybridized carbons (Fsp3) is 0.462. The third-order valence-electron chi connectivity index (χ3n) is 3.71. The predicted molar refractivity (Wildman–Crippen MR) is 66.5 cm³/mol. The van der Waals surface area contributed by atoms with E-state index < -0.39 is 0 Å². The molecule has 1 saturated heterocycles. The minimum absolute atomic E-state index is 0.312. The van der Waals surface area contributed by atoms with E-state index in [0.717, 1.165) is 29.7 Å². The van der Waals surface area contributed by atoms with Crippen molar-refractivity contribution in [1.82, 2.24) is 9.88 Å². The number of fused-ring (bicyclic) bond motifs is 1. The van der Waals surface area contributed by atoms with Gasteiger partial charge < -0.3 is 10.2 Å². The van der Waals surface area contributed by atoms with Crippen LogP contribution in [0.3, 0.4) is 0 Å². The van der Waals surface area contributed by atoms with Crippen LogP contribution in [0.25, 0.3) is 11.0 Å². The highest BCUT2D eigenvalue weighted by atomic mass is 16.3. The van der Waals surface area contributed by atoms with E-state index in [0.29, 0.717) is 18.5 Å². The molecule has 2 aromatic rings. The second-order valence-corrected chi connectivity index (χ2v) is 4.77. The Balaban J connectivity index is 2.02. The molecule has 1 aliphatic heterocycles. The molecule has 0 bridgehead atoms. The van der Waals surface area contributed by atoms with Crippen LogP contribution in [0.15, 0.2) is 28.9 Å². The van der Waals surface area contributed by atoms with Gasteiger partial charge in [0.1, 0.15) is 5.76 Å². The third kappa shape index (κ3) is 1.73. The zero-order valence-corrected chi connectivity index (χ0v) is 9.97. The van der Waals surface area contributed by atoms with Crippen molar-refractivity contribution in [2.24, 2.45) is 11.7 Å². The van der Waals surface area contributed by atoms with E-state index in [1.165, 1.54) is 0 Å². The van der Waals surface area contributed by atoms with Crippen molar-refractivity contribution in [2.45, 2.75) is 12.5 Å². The molecule has 0 aliphatic carbocycles. The molecule has 17 heavy (non-hydrogen) atoms. The maximum atomic E-state index is 5.89. The molecule has 4 nitrogen and oxygen atoms in total. The quantitative estimate of drug-likeness (QED) is 0.856. The molecule has 1 fully saturated rings. The third-order valence-corrected chi connectivity index (χ3v) is 3.71. The molecule has 90 valence electrons. The number of aromatic nitrogens is 1. The number of hydrogen-bond donors (Lipinski definition) is 1. The SMILES string of the molecule is CN1CCC(CN)C1c1cc2ccncc2o1. The highest BCUT2D eigenvalue weighted by Crippen LogP contribution is 2.37. The highest BCUT2D eigenvalue weighted by Gasteiger charge is 2.34. The molecular formula is C13H17N3O. The number of furan rings is 1. The second-order valence-electron chi connectivity index (χ2n) is 4.77. The van der Waals surface area contributed by atoms with Gasteiger partial charge in [-0.3, -0.25) is 9.88 Å². The Kier molecular flexibility index (Phi) is 2.61. The molecule has 2 atom stereocenters. The van der Waals surface area contributed by atoms with Gasteiger partial charge in [-0.05, 0) is 44.6 Å². The van der Waals surface area contributed by atoms with Crippen LogP contribution in [0.5, 0.6) is 0 Å². The van der Waals surface area contributed by atoms with Crippen molar-refractivity contribution >= 4 is 11.0 Å². The molecule has 2 aromatic heterocycles. The fourth-order valence-electron chi connectivity index (χ4n) is 2.77. The van der Waals surface area contributed by atoms with E-state index in [2.05, 4.69) is 23.0 Å². The van der Waals surface area contributed by atoms with Gasteiger partial charge >= 0.3 is 0 Å². The summed E-state index contributed by atoms with van der Waals surface area (Å²) in [5.74, 6) is 1.51. The molecular weight excluding hydrogens is 214 g/mol. The van der Waals surface area contributed by atoms with E-state index >= 15 is 0 Å². The largest absolute Gasteiger partial charge is 0.458 e. The average molecular weight is 231 g/mol. The lowest BCUT2D eigenvalue weighted by Gasteiger charge is -2.21. The van der Waals surface area contributed by atoms with Gasteiger partial charge in [0.15, 0.2) is 5.58 Å². The first-order valence-corrected chi connectivity index (χ1v) is 6.03. The molecule has 0 saturated carbocycles. The Morgan fingerprint density at radius 2 is 2.47 bits per heavy atom. The Morgan fingerprint density at radius 3 is 3.24 bits per heavy atom. The molecule has 0 radical (unpaired) electrons. The van der Waals surface area contributed by atoms with Gasteiger partial charge in [-0.25, -0.2) is 0 Å². The smallest absolute Gasteiger partial charge is 0.152 e. The van der Waals surface area contributed by atoms with Gasteiger partial charge in [-0.2, -0.15) is 0 Å². The molecule has 3 heterocycles. The van der Waals surface area contributed by atoms with Gasteiger partial charge in [-0.1, -0.05) is 0 Å². The zero-order chi connectivity index (χ0) is 11.8. The van der Waals surface area contributed by atoms with Crippen LogP contribution in [-0.4, -0.2) is 30.0 Å². The van der Waals surface area contributed by atoms with Gasteiger partial charge in [0.05, 0.1) is 12.2 Å². The molecule has 4 heteroatoms. The summed E-state index contributed by atoms with van der Waals surface area (Å²) in [6, 6.07) is 4.41. The van der Waals surface area contributed by atoms with Gasteiger partial charge in [0.25, 0.3) is 0 Å². The van der Waals surface area contributed by atoms with Crippen LogP contribution in [0.1, 0.15) is 18.2 Å². The lowest BCUT2D eigenvalue weighted by molar-refractivity contribution is 0.244. The maximum absolute atomic E-state index is 5.89. The van der Waals surface area contributed by atoms with Gasteiger partial charge in [0, 0.05) is 11.6 Å². The van der Waals surface area contributed by atoms with E-state index in [1.54, 1.807) is 12.4 Å². The Bertz CT molecular complexity index is 489. The summed E-state index contributed by atoms with van der Waals surface area (Å²) in [6.45, 7) is 1.80. The summed E-state index contributed by atoms with van der Waals surface area (Å²) < 4.78 is 5.89. The summed E-state index contributed by atoms with van der Waals surface area (Å²) in [5.41, 5.74) is 6.70. The van der Waals surface area contributed by atoms with Crippen LogP contribution in [0.2, 0.25) is 0 Å². The average Bonchev–Trinajstić information content (AvgIpc) is 2.91. The first kappa shape index (κ1) is 10.7. The number of nitrogens with zero attached hydrogens (tertiary/aromatic N) is 2. The van der Waals surface area contributed by atoms with Crippen LogP contribution in [0, 0.1) is 5.92 Å². The monoisotopic (exact) mass is 231 g/mol. The molecule has 2 unspecified atom stereocenters. The minimum atomic E-state index is 0.312. The lowest BCUT2D eigenvalue weighted by atomic mass is 9.98. The fourth-order valence-corrected chi connectivity index (χ4v) is 2.77. The number of hydrogen-bond acceptors (Lipinski definition) is 4. The van der Waals surface area contributed by atoms with E-state index in [1.807, 2.05) is 6.07 Å². The first-order valence-electron chi connectivity index (χ1n) is 6.03. The number of rotatable bonds is 2. The molecule has 2 N–H and O–H groups in total. The van der Waals surface area contributed by atoms with Crippen molar-refractivity contribution < 1.29 is 4.42 Å². The van der Waals surface area contributed by atoms with Crippen molar-refractivity contribution in [3.8, 4) is 0 Å². The van der Waals surface area contributed by atoms with Crippen molar-refractivity contribution in [3.63, 3.8) is 0 Å². The summed E-state index contributed by atoms with van der Waals surface area (Å²) >= 11 is 0. The highest BCUT2D eigenvalue weighted by molar-refractivity contribution is 5.76. The molecule has 1 aliphatic rings. The van der Waals surface area contributed by atoms with Crippen LogP contribution >= 0.6 is 0 Å². The zero-order valence-electron chi connectivity index (χ0n) is 9.97. The van der Waals surface area contributed by atoms with Crippen LogP contribution < -0.4 is 5.73 Å². The van der Waals surface area contributed by atoms with Crippen molar-refractivity contribution in [1.29, 1.82) is 0 Å². The Morgan fingerprint density at radius 1 is 1.59 bits per heavy atom. The van der Waals surface area contributed by atoms with Crippen molar-refractivity contribution in [3.05, 3.63) is 30.3 Å². The predicted octanol–water partition coefficient (Wildman–Crippen LogP) is 1.78. The molecule has 0 amide bonds. The summed E-state index contributed by atoms with van der Waals surface area (Å²) in [6.07, 6.45) is 4.71. The summed E-state index contributed by atoms with van der Waals surface area (Å²) in [5, 5.41) is 1.12. The van der Waals surface area contributed by atoms with Crippen LogP contribution in [-0.2, 0) is 0 Å². The summed E-state index contributed by atoms with van der Waals surface area (Å²) in [7, 11) is 2.13. The van der Waals surface area contributed by atoms with Gasteiger partial charge in [-0.15, -0.1) is 0 Å². The molecule has 0 spiro atoms. The topological polar surface area (TPSA) is 55.3 Å². The van der Waals surface area contributed by atoms with Gasteiger partial charge in [0.2, 0.25) is 0 Å². The first-order chi connectivity index (χ1) is 8.29.